The molecule has 3 N–H and O–H groups in total. The molecule has 2 aromatic heterocycles. The van der Waals surface area contributed by atoms with Crippen LogP contribution in [0, 0.1) is 0 Å². The Morgan fingerprint density at radius 2 is 2.00 bits per heavy atom. The number of imidazole rings is 1. The molecular weight excluding hydrogens is 300 g/mol. The normalized spacial score (nSPS) is 10.8. The van der Waals surface area contributed by atoms with Crippen molar-refractivity contribution in [1.29, 1.82) is 0 Å². The van der Waals surface area contributed by atoms with Gasteiger partial charge in [0.15, 0.2) is 0 Å². The predicted octanol–water partition coefficient (Wildman–Crippen LogP) is 3.74. The molecule has 0 aliphatic rings. The lowest BCUT2D eigenvalue weighted by Crippen LogP contribution is -2.14. The molecule has 2 heterocycles. The molecule has 0 spiro atoms. The molecule has 24 heavy (non-hydrogen) atoms. The Kier molecular flexibility index (Phi) is 3.59. The van der Waals surface area contributed by atoms with Gasteiger partial charge in [0.2, 0.25) is 5.91 Å². The zero-order valence-corrected chi connectivity index (χ0v) is 12.9. The number of anilines is 1. The second-order valence-corrected chi connectivity index (χ2v) is 5.60. The number of carbonyl (C=O) groups excluding carboxylic acids is 1. The SMILES string of the molecule is O=C(Cc1c[nH]c2ccccc12)Nc1cccc(-c2ncc[nH]2)c1. The van der Waals surface area contributed by atoms with Gasteiger partial charge >= 0.3 is 0 Å². The third-order valence-electron chi connectivity index (χ3n) is 3.94. The number of amides is 1. The Hall–Kier alpha value is -3.34. The van der Waals surface area contributed by atoms with Gasteiger partial charge in [-0.1, -0.05) is 30.3 Å². The fourth-order valence-corrected chi connectivity index (χ4v) is 2.82. The topological polar surface area (TPSA) is 73.6 Å². The van der Waals surface area contributed by atoms with Crippen molar-refractivity contribution >= 4 is 22.5 Å². The second kappa shape index (κ2) is 6.04. The first kappa shape index (κ1) is 14.3. The number of carbonyl (C=O) groups is 1. The molecule has 0 bridgehead atoms. The Balaban J connectivity index is 1.51. The van der Waals surface area contributed by atoms with E-state index in [1.165, 1.54) is 0 Å². The van der Waals surface area contributed by atoms with Gasteiger partial charge < -0.3 is 15.3 Å². The lowest BCUT2D eigenvalue weighted by Gasteiger charge is -2.06. The van der Waals surface area contributed by atoms with Gasteiger partial charge in [0.1, 0.15) is 5.82 Å². The van der Waals surface area contributed by atoms with Crippen LogP contribution in [-0.2, 0) is 11.2 Å². The number of nitrogens with one attached hydrogen (secondary N) is 3. The van der Waals surface area contributed by atoms with Crippen molar-refractivity contribution in [2.75, 3.05) is 5.32 Å². The van der Waals surface area contributed by atoms with Crippen LogP contribution >= 0.6 is 0 Å². The summed E-state index contributed by atoms with van der Waals surface area (Å²) in [4.78, 5) is 22.9. The summed E-state index contributed by atoms with van der Waals surface area (Å²) in [6.07, 6.45) is 5.70. The lowest BCUT2D eigenvalue weighted by molar-refractivity contribution is -0.115. The van der Waals surface area contributed by atoms with Crippen molar-refractivity contribution in [2.24, 2.45) is 0 Å². The van der Waals surface area contributed by atoms with E-state index < -0.39 is 0 Å². The van der Waals surface area contributed by atoms with E-state index in [2.05, 4.69) is 20.3 Å². The average molecular weight is 316 g/mol. The molecule has 0 aliphatic heterocycles. The van der Waals surface area contributed by atoms with E-state index in [1.807, 2.05) is 54.7 Å². The number of H-pyrrole nitrogens is 2. The zero-order valence-electron chi connectivity index (χ0n) is 12.9. The molecule has 118 valence electrons. The summed E-state index contributed by atoms with van der Waals surface area (Å²) < 4.78 is 0. The number of benzene rings is 2. The van der Waals surface area contributed by atoms with Crippen molar-refractivity contribution in [3.8, 4) is 11.4 Å². The highest BCUT2D eigenvalue weighted by Crippen LogP contribution is 2.21. The number of rotatable bonds is 4. The molecule has 0 saturated carbocycles. The third kappa shape index (κ3) is 2.79. The molecule has 0 atom stereocenters. The van der Waals surface area contributed by atoms with Gasteiger partial charge in [0.05, 0.1) is 6.42 Å². The summed E-state index contributed by atoms with van der Waals surface area (Å²) in [6.45, 7) is 0. The molecule has 1 amide bonds. The summed E-state index contributed by atoms with van der Waals surface area (Å²) in [5.41, 5.74) is 3.73. The maximum Gasteiger partial charge on any atom is 0.228 e. The van der Waals surface area contributed by atoms with Gasteiger partial charge in [0, 0.05) is 40.7 Å². The first-order valence-corrected chi connectivity index (χ1v) is 7.74. The number of nitrogens with zero attached hydrogens (tertiary/aromatic N) is 1. The molecule has 4 aromatic rings. The van der Waals surface area contributed by atoms with Crippen molar-refractivity contribution < 1.29 is 4.79 Å². The van der Waals surface area contributed by atoms with E-state index >= 15 is 0 Å². The molecule has 5 heteroatoms. The van der Waals surface area contributed by atoms with Crippen LogP contribution in [0.2, 0.25) is 0 Å². The van der Waals surface area contributed by atoms with Crippen molar-refractivity contribution in [3.63, 3.8) is 0 Å². The summed E-state index contributed by atoms with van der Waals surface area (Å²) in [5.74, 6) is 0.735. The molecule has 0 radical (unpaired) electrons. The molecular formula is C19H16N4O. The minimum absolute atomic E-state index is 0.0450. The van der Waals surface area contributed by atoms with Crippen LogP contribution in [0.4, 0.5) is 5.69 Å². The van der Waals surface area contributed by atoms with Crippen LogP contribution in [0.5, 0.6) is 0 Å². The molecule has 4 rings (SSSR count). The van der Waals surface area contributed by atoms with Crippen LogP contribution < -0.4 is 5.32 Å². The number of aromatic amines is 2. The molecule has 0 aliphatic carbocycles. The van der Waals surface area contributed by atoms with Gasteiger partial charge in [-0.15, -0.1) is 0 Å². The first-order valence-electron chi connectivity index (χ1n) is 7.74. The van der Waals surface area contributed by atoms with E-state index in [9.17, 15) is 4.79 Å². The monoisotopic (exact) mass is 316 g/mol. The Labute approximate surface area is 138 Å². The van der Waals surface area contributed by atoms with Gasteiger partial charge in [-0.3, -0.25) is 4.79 Å². The van der Waals surface area contributed by atoms with Gasteiger partial charge in [-0.2, -0.15) is 0 Å². The summed E-state index contributed by atoms with van der Waals surface area (Å²) in [6, 6.07) is 15.6. The van der Waals surface area contributed by atoms with Crippen LogP contribution in [-0.4, -0.2) is 20.9 Å². The Morgan fingerprint density at radius 3 is 2.88 bits per heavy atom. The van der Waals surface area contributed by atoms with Gasteiger partial charge in [-0.05, 0) is 23.8 Å². The number of aromatic nitrogens is 3. The lowest BCUT2D eigenvalue weighted by atomic mass is 10.1. The highest BCUT2D eigenvalue weighted by atomic mass is 16.1. The van der Waals surface area contributed by atoms with Crippen molar-refractivity contribution in [2.45, 2.75) is 6.42 Å². The average Bonchev–Trinajstić information content (AvgIpc) is 3.26. The predicted molar refractivity (Wildman–Crippen MR) is 94.7 cm³/mol. The molecule has 0 unspecified atom stereocenters. The summed E-state index contributed by atoms with van der Waals surface area (Å²) >= 11 is 0. The minimum atomic E-state index is -0.0450. The Morgan fingerprint density at radius 1 is 1.08 bits per heavy atom. The summed E-state index contributed by atoms with van der Waals surface area (Å²) in [7, 11) is 0. The minimum Gasteiger partial charge on any atom is -0.361 e. The fraction of sp³-hybridized carbons (Fsp3) is 0.0526. The zero-order chi connectivity index (χ0) is 16.4. The number of fused-ring (bicyclic) bond motifs is 1. The molecule has 0 saturated heterocycles. The van der Waals surface area contributed by atoms with Crippen molar-refractivity contribution in [1.82, 2.24) is 15.0 Å². The number of para-hydroxylation sites is 1. The van der Waals surface area contributed by atoms with E-state index in [-0.39, 0.29) is 5.91 Å². The van der Waals surface area contributed by atoms with Crippen LogP contribution in [0.1, 0.15) is 5.56 Å². The molecule has 2 aromatic carbocycles. The van der Waals surface area contributed by atoms with Crippen LogP contribution in [0.3, 0.4) is 0 Å². The highest BCUT2D eigenvalue weighted by molar-refractivity contribution is 5.96. The smallest absolute Gasteiger partial charge is 0.228 e. The van der Waals surface area contributed by atoms with Crippen molar-refractivity contribution in [3.05, 3.63) is 72.7 Å². The van der Waals surface area contributed by atoms with E-state index in [0.717, 1.165) is 33.5 Å². The number of hydrogen-bond donors (Lipinski definition) is 3. The quantitative estimate of drug-likeness (QED) is 0.536. The largest absolute Gasteiger partial charge is 0.361 e. The standard InChI is InChI=1S/C19H16N4O/c24-18(11-14-12-22-17-7-2-1-6-16(14)17)23-15-5-3-4-13(10-15)19-20-8-9-21-19/h1-10,12,22H,11H2,(H,20,21)(H,23,24). The summed E-state index contributed by atoms with van der Waals surface area (Å²) in [5, 5.41) is 4.03. The van der Waals surface area contributed by atoms with E-state index in [1.54, 1.807) is 12.4 Å². The molecule has 5 nitrogen and oxygen atoms in total. The maximum absolute atomic E-state index is 12.4. The van der Waals surface area contributed by atoms with E-state index in [4.69, 9.17) is 0 Å². The van der Waals surface area contributed by atoms with Crippen LogP contribution in [0.25, 0.3) is 22.3 Å². The van der Waals surface area contributed by atoms with E-state index in [0.29, 0.717) is 6.42 Å². The van der Waals surface area contributed by atoms with Gasteiger partial charge in [0.25, 0.3) is 0 Å². The fourth-order valence-electron chi connectivity index (χ4n) is 2.82. The maximum atomic E-state index is 12.4. The third-order valence-corrected chi connectivity index (χ3v) is 3.94. The van der Waals surface area contributed by atoms with Crippen LogP contribution in [0.15, 0.2) is 67.1 Å². The highest BCUT2D eigenvalue weighted by Gasteiger charge is 2.09. The Bertz CT molecular complexity index is 985. The number of hydrogen-bond acceptors (Lipinski definition) is 2. The molecule has 0 fully saturated rings. The second-order valence-electron chi connectivity index (χ2n) is 5.60. The van der Waals surface area contributed by atoms with Gasteiger partial charge in [-0.25, -0.2) is 4.98 Å². The first-order chi connectivity index (χ1) is 11.8.